The molecule has 0 heterocycles. The zero-order valence-corrected chi connectivity index (χ0v) is 9.44. The summed E-state index contributed by atoms with van der Waals surface area (Å²) in [6.45, 7) is 2.08. The highest BCUT2D eigenvalue weighted by atomic mass is 35.5. The molecule has 1 unspecified atom stereocenters. The lowest BCUT2D eigenvalue weighted by Gasteiger charge is -2.10. The Labute approximate surface area is 94.3 Å². The number of hydrogen-bond donors (Lipinski definition) is 0. The van der Waals surface area contributed by atoms with E-state index in [0.717, 1.165) is 12.0 Å². The lowest BCUT2D eigenvalue weighted by atomic mass is 9.97. The average Bonchev–Trinajstić information content (AvgIpc) is 2.18. The predicted molar refractivity (Wildman–Crippen MR) is 59.7 cm³/mol. The van der Waals surface area contributed by atoms with Crippen LogP contribution < -0.4 is 0 Å². The van der Waals surface area contributed by atoms with E-state index >= 15 is 0 Å². The van der Waals surface area contributed by atoms with Crippen molar-refractivity contribution in [2.45, 2.75) is 25.7 Å². The fraction of sp³-hybridized carbons (Fsp3) is 0.364. The van der Waals surface area contributed by atoms with E-state index in [1.54, 1.807) is 6.07 Å². The van der Waals surface area contributed by atoms with E-state index in [1.807, 2.05) is 12.1 Å². The Hall–Kier alpha value is -0.710. The monoisotopic (exact) mass is 227 g/mol. The Bertz CT molecular complexity index is 355. The standard InChI is InChI=1S/C11H11Cl2N/c1-8(3-2-6-14)9-4-5-10(12)11(13)7-9/h4-5,7-8H,2-3H2,1H3. The quantitative estimate of drug-likeness (QED) is 0.752. The third kappa shape index (κ3) is 2.90. The van der Waals surface area contributed by atoms with Crippen LogP contribution in [-0.2, 0) is 0 Å². The van der Waals surface area contributed by atoms with Crippen LogP contribution >= 0.6 is 23.2 Å². The van der Waals surface area contributed by atoms with Crippen LogP contribution in [0.25, 0.3) is 0 Å². The Morgan fingerprint density at radius 3 is 2.64 bits per heavy atom. The first kappa shape index (κ1) is 11.4. The second-order valence-corrected chi connectivity index (χ2v) is 4.09. The molecule has 14 heavy (non-hydrogen) atoms. The van der Waals surface area contributed by atoms with Gasteiger partial charge in [-0.05, 0) is 30.0 Å². The third-order valence-corrected chi connectivity index (χ3v) is 2.94. The molecule has 3 heteroatoms. The van der Waals surface area contributed by atoms with Gasteiger partial charge in [0.15, 0.2) is 0 Å². The first-order valence-corrected chi connectivity index (χ1v) is 5.22. The molecule has 0 amide bonds. The SMILES string of the molecule is CC(CCC#N)c1ccc(Cl)c(Cl)c1. The number of rotatable bonds is 3. The lowest BCUT2D eigenvalue weighted by molar-refractivity contribution is 0.695. The highest BCUT2D eigenvalue weighted by molar-refractivity contribution is 6.42. The van der Waals surface area contributed by atoms with Crippen molar-refractivity contribution in [3.05, 3.63) is 33.8 Å². The van der Waals surface area contributed by atoms with Crippen molar-refractivity contribution in [1.29, 1.82) is 5.26 Å². The van der Waals surface area contributed by atoms with E-state index in [2.05, 4.69) is 13.0 Å². The summed E-state index contributed by atoms with van der Waals surface area (Å²) in [6.07, 6.45) is 1.43. The van der Waals surface area contributed by atoms with Crippen molar-refractivity contribution < 1.29 is 0 Å². The van der Waals surface area contributed by atoms with Crippen LogP contribution in [-0.4, -0.2) is 0 Å². The van der Waals surface area contributed by atoms with E-state index in [-0.39, 0.29) is 0 Å². The number of nitrogens with zero attached hydrogens (tertiary/aromatic N) is 1. The van der Waals surface area contributed by atoms with E-state index in [4.69, 9.17) is 28.5 Å². The molecule has 0 radical (unpaired) electrons. The fourth-order valence-corrected chi connectivity index (χ4v) is 1.57. The third-order valence-electron chi connectivity index (χ3n) is 2.20. The molecule has 0 aromatic heterocycles. The van der Waals surface area contributed by atoms with E-state index in [9.17, 15) is 0 Å². The Balaban J connectivity index is 2.76. The van der Waals surface area contributed by atoms with Gasteiger partial charge in [-0.15, -0.1) is 0 Å². The molecule has 74 valence electrons. The van der Waals surface area contributed by atoms with Crippen molar-refractivity contribution in [2.24, 2.45) is 0 Å². The number of benzene rings is 1. The van der Waals surface area contributed by atoms with Crippen molar-refractivity contribution in [1.82, 2.24) is 0 Å². The average molecular weight is 228 g/mol. The molecule has 0 fully saturated rings. The van der Waals surface area contributed by atoms with Crippen molar-refractivity contribution in [3.8, 4) is 6.07 Å². The second kappa shape index (κ2) is 5.24. The largest absolute Gasteiger partial charge is 0.198 e. The summed E-state index contributed by atoms with van der Waals surface area (Å²) < 4.78 is 0. The zero-order chi connectivity index (χ0) is 10.6. The van der Waals surface area contributed by atoms with Gasteiger partial charge in [0.25, 0.3) is 0 Å². The van der Waals surface area contributed by atoms with Gasteiger partial charge in [-0.1, -0.05) is 36.2 Å². The van der Waals surface area contributed by atoms with E-state index < -0.39 is 0 Å². The van der Waals surface area contributed by atoms with E-state index in [0.29, 0.717) is 22.4 Å². The topological polar surface area (TPSA) is 23.8 Å². The lowest BCUT2D eigenvalue weighted by Crippen LogP contribution is -1.92. The molecule has 1 aromatic carbocycles. The number of hydrogen-bond acceptors (Lipinski definition) is 1. The maximum atomic E-state index is 8.46. The molecule has 0 aliphatic heterocycles. The highest BCUT2D eigenvalue weighted by Gasteiger charge is 2.07. The molecule has 0 aliphatic rings. The second-order valence-electron chi connectivity index (χ2n) is 3.27. The van der Waals surface area contributed by atoms with Crippen LogP contribution in [0.4, 0.5) is 0 Å². The smallest absolute Gasteiger partial charge is 0.0621 e. The molecule has 1 nitrogen and oxygen atoms in total. The van der Waals surface area contributed by atoms with Gasteiger partial charge in [-0.2, -0.15) is 5.26 Å². The molecule has 1 aromatic rings. The Morgan fingerprint density at radius 1 is 1.36 bits per heavy atom. The van der Waals surface area contributed by atoms with Crippen LogP contribution in [0.1, 0.15) is 31.2 Å². The van der Waals surface area contributed by atoms with Crippen molar-refractivity contribution >= 4 is 23.2 Å². The molecule has 1 rings (SSSR count). The molecular formula is C11H11Cl2N. The van der Waals surface area contributed by atoms with Crippen LogP contribution in [0.3, 0.4) is 0 Å². The van der Waals surface area contributed by atoms with Crippen molar-refractivity contribution in [2.75, 3.05) is 0 Å². The fourth-order valence-electron chi connectivity index (χ4n) is 1.27. The molecule has 0 saturated carbocycles. The van der Waals surface area contributed by atoms with Gasteiger partial charge in [0, 0.05) is 6.42 Å². The maximum Gasteiger partial charge on any atom is 0.0621 e. The number of nitriles is 1. The number of halogens is 2. The minimum atomic E-state index is 0.351. The van der Waals surface area contributed by atoms with Crippen LogP contribution in [0, 0.1) is 11.3 Å². The summed E-state index contributed by atoms with van der Waals surface area (Å²) in [5.41, 5.74) is 1.13. The minimum absolute atomic E-state index is 0.351. The Kier molecular flexibility index (Phi) is 4.25. The summed E-state index contributed by atoms with van der Waals surface area (Å²) in [7, 11) is 0. The predicted octanol–water partition coefficient (Wildman–Crippen LogP) is 4.40. The van der Waals surface area contributed by atoms with Crippen LogP contribution in [0.15, 0.2) is 18.2 Å². The minimum Gasteiger partial charge on any atom is -0.198 e. The zero-order valence-electron chi connectivity index (χ0n) is 7.93. The highest BCUT2D eigenvalue weighted by Crippen LogP contribution is 2.28. The summed E-state index contributed by atoms with van der Waals surface area (Å²) in [5, 5.41) is 9.61. The van der Waals surface area contributed by atoms with Crippen LogP contribution in [0.2, 0.25) is 10.0 Å². The molecule has 1 atom stereocenters. The Morgan fingerprint density at radius 2 is 2.07 bits per heavy atom. The maximum absolute atomic E-state index is 8.46. The first-order chi connectivity index (χ1) is 6.65. The summed E-state index contributed by atoms with van der Waals surface area (Å²) in [5.74, 6) is 0.351. The first-order valence-electron chi connectivity index (χ1n) is 4.47. The normalized spacial score (nSPS) is 12.1. The van der Waals surface area contributed by atoms with Gasteiger partial charge in [-0.3, -0.25) is 0 Å². The molecule has 0 aliphatic carbocycles. The molecule has 0 spiro atoms. The summed E-state index contributed by atoms with van der Waals surface area (Å²) in [4.78, 5) is 0. The molecule has 0 N–H and O–H groups in total. The van der Waals surface area contributed by atoms with Gasteiger partial charge >= 0.3 is 0 Å². The van der Waals surface area contributed by atoms with E-state index in [1.165, 1.54) is 0 Å². The molecule has 0 saturated heterocycles. The van der Waals surface area contributed by atoms with Gasteiger partial charge in [0.1, 0.15) is 0 Å². The van der Waals surface area contributed by atoms with Gasteiger partial charge in [-0.25, -0.2) is 0 Å². The molecular weight excluding hydrogens is 217 g/mol. The van der Waals surface area contributed by atoms with Crippen molar-refractivity contribution in [3.63, 3.8) is 0 Å². The van der Waals surface area contributed by atoms with Crippen LogP contribution in [0.5, 0.6) is 0 Å². The molecule has 0 bridgehead atoms. The van der Waals surface area contributed by atoms with Gasteiger partial charge in [0.05, 0.1) is 16.1 Å². The van der Waals surface area contributed by atoms with Gasteiger partial charge in [0.2, 0.25) is 0 Å². The van der Waals surface area contributed by atoms with Gasteiger partial charge < -0.3 is 0 Å². The summed E-state index contributed by atoms with van der Waals surface area (Å²) in [6, 6.07) is 7.75. The summed E-state index contributed by atoms with van der Waals surface area (Å²) >= 11 is 11.7.